The molecule has 2 aromatic carbocycles. The number of halogens is 1. The number of benzene rings is 2. The number of ether oxygens (including phenoxy) is 1. The minimum absolute atomic E-state index is 0.0956. The van der Waals surface area contributed by atoms with Crippen LogP contribution in [0.4, 0.5) is 5.69 Å². The largest absolute Gasteiger partial charge is 0.497 e. The van der Waals surface area contributed by atoms with Crippen molar-refractivity contribution in [3.63, 3.8) is 0 Å². The van der Waals surface area contributed by atoms with Crippen LogP contribution in [0.5, 0.6) is 5.75 Å². The molecule has 1 fully saturated rings. The molecule has 1 heterocycles. The number of hydrogen-bond donors (Lipinski definition) is 1. The maximum atomic E-state index is 12.3. The Labute approximate surface area is 160 Å². The first-order valence-electron chi connectivity index (χ1n) is 8.56. The molecule has 0 aliphatic carbocycles. The molecule has 1 N–H and O–H groups in total. The van der Waals surface area contributed by atoms with Gasteiger partial charge >= 0.3 is 0 Å². The van der Waals surface area contributed by atoms with Crippen LogP contribution in [-0.4, -0.2) is 35.2 Å². The molecule has 0 aromatic heterocycles. The smallest absolute Gasteiger partial charge is 0.215 e. The number of hydrogen-bond acceptors (Lipinski definition) is 4. The summed E-state index contributed by atoms with van der Waals surface area (Å²) in [5.74, 6) is 1.02. The number of methoxy groups -OCH3 is 1. The molecule has 1 aliphatic heterocycles. The van der Waals surface area contributed by atoms with E-state index in [1.165, 1.54) is 0 Å². The maximum absolute atomic E-state index is 12.3. The molecule has 0 radical (unpaired) electrons. The third-order valence-electron chi connectivity index (χ3n) is 4.62. The minimum Gasteiger partial charge on any atom is -0.497 e. The molecule has 7 heteroatoms. The van der Waals surface area contributed by atoms with Crippen molar-refractivity contribution in [1.82, 2.24) is 4.72 Å². The highest BCUT2D eigenvalue weighted by Gasteiger charge is 2.24. The molecule has 1 aliphatic rings. The van der Waals surface area contributed by atoms with E-state index >= 15 is 0 Å². The first kappa shape index (κ1) is 19.0. The summed E-state index contributed by atoms with van der Waals surface area (Å²) < 4.78 is 32.6. The van der Waals surface area contributed by atoms with Crippen LogP contribution in [0.2, 0.25) is 5.02 Å². The summed E-state index contributed by atoms with van der Waals surface area (Å²) in [7, 11) is -1.76. The van der Waals surface area contributed by atoms with Crippen molar-refractivity contribution in [2.24, 2.45) is 5.92 Å². The lowest BCUT2D eigenvalue weighted by molar-refractivity contribution is 0.415. The van der Waals surface area contributed by atoms with Crippen molar-refractivity contribution in [2.45, 2.75) is 12.2 Å². The van der Waals surface area contributed by atoms with E-state index < -0.39 is 10.0 Å². The fraction of sp³-hybridized carbons (Fsp3) is 0.368. The van der Waals surface area contributed by atoms with Gasteiger partial charge in [0.2, 0.25) is 10.0 Å². The molecule has 1 atom stereocenters. The van der Waals surface area contributed by atoms with E-state index in [1.54, 1.807) is 31.4 Å². The minimum atomic E-state index is -3.41. The fourth-order valence-corrected chi connectivity index (χ4v) is 4.68. The molecule has 2 aromatic rings. The van der Waals surface area contributed by atoms with Crippen molar-refractivity contribution in [3.05, 3.63) is 59.1 Å². The Morgan fingerprint density at radius 3 is 2.62 bits per heavy atom. The molecular formula is C19H23ClN2O3S. The molecule has 0 saturated carbocycles. The van der Waals surface area contributed by atoms with Crippen LogP contribution in [-0.2, 0) is 15.8 Å². The SMILES string of the molecule is COc1ccc(N2CCC(CNS(=O)(=O)Cc3ccccc3Cl)C2)cc1. The lowest BCUT2D eigenvalue weighted by Gasteiger charge is -2.19. The van der Waals surface area contributed by atoms with Gasteiger partial charge in [-0.25, -0.2) is 13.1 Å². The summed E-state index contributed by atoms with van der Waals surface area (Å²) in [4.78, 5) is 2.27. The predicted octanol–water partition coefficient (Wildman–Crippen LogP) is 3.29. The van der Waals surface area contributed by atoms with E-state index in [4.69, 9.17) is 16.3 Å². The van der Waals surface area contributed by atoms with Gasteiger partial charge in [0.05, 0.1) is 12.9 Å². The number of nitrogens with one attached hydrogen (secondary N) is 1. The van der Waals surface area contributed by atoms with Crippen molar-refractivity contribution in [2.75, 3.05) is 31.6 Å². The van der Waals surface area contributed by atoms with Gasteiger partial charge in [-0.05, 0) is 48.2 Å². The topological polar surface area (TPSA) is 58.6 Å². The zero-order valence-electron chi connectivity index (χ0n) is 14.7. The fourth-order valence-electron chi connectivity index (χ4n) is 3.14. The Morgan fingerprint density at radius 1 is 1.19 bits per heavy atom. The summed E-state index contributed by atoms with van der Waals surface area (Å²) in [6.45, 7) is 2.20. The van der Waals surface area contributed by atoms with Crippen LogP contribution in [0.3, 0.4) is 0 Å². The Kier molecular flexibility index (Phi) is 6.06. The molecule has 140 valence electrons. The van der Waals surface area contributed by atoms with Crippen molar-refractivity contribution >= 4 is 27.3 Å². The van der Waals surface area contributed by atoms with Gasteiger partial charge in [-0.15, -0.1) is 0 Å². The molecule has 0 amide bonds. The normalized spacial score (nSPS) is 17.5. The number of nitrogens with zero attached hydrogens (tertiary/aromatic N) is 1. The summed E-state index contributed by atoms with van der Waals surface area (Å²) in [5.41, 5.74) is 1.75. The second-order valence-corrected chi connectivity index (χ2v) is 8.71. The average Bonchev–Trinajstić information content (AvgIpc) is 3.11. The molecule has 0 bridgehead atoms. The van der Waals surface area contributed by atoms with E-state index in [0.29, 0.717) is 17.1 Å². The maximum Gasteiger partial charge on any atom is 0.215 e. The first-order chi connectivity index (χ1) is 12.5. The molecule has 1 saturated heterocycles. The molecule has 5 nitrogen and oxygen atoms in total. The third kappa shape index (κ3) is 4.90. The van der Waals surface area contributed by atoms with Crippen LogP contribution < -0.4 is 14.4 Å². The Morgan fingerprint density at radius 2 is 1.92 bits per heavy atom. The lowest BCUT2D eigenvalue weighted by atomic mass is 10.1. The van der Waals surface area contributed by atoms with Crippen molar-refractivity contribution < 1.29 is 13.2 Å². The van der Waals surface area contributed by atoms with Crippen molar-refractivity contribution in [3.8, 4) is 5.75 Å². The van der Waals surface area contributed by atoms with Gasteiger partial charge in [0.15, 0.2) is 0 Å². The molecular weight excluding hydrogens is 372 g/mol. The van der Waals surface area contributed by atoms with Gasteiger partial charge in [0.1, 0.15) is 5.75 Å². The third-order valence-corrected chi connectivity index (χ3v) is 6.28. The highest BCUT2D eigenvalue weighted by atomic mass is 35.5. The lowest BCUT2D eigenvalue weighted by Crippen LogP contribution is -2.32. The summed E-state index contributed by atoms with van der Waals surface area (Å²) >= 11 is 6.06. The van der Waals surface area contributed by atoms with Gasteiger partial charge in [-0.3, -0.25) is 0 Å². The van der Waals surface area contributed by atoms with Gasteiger partial charge < -0.3 is 9.64 Å². The quantitative estimate of drug-likeness (QED) is 0.782. The summed E-state index contributed by atoms with van der Waals surface area (Å²) in [5, 5.41) is 0.476. The monoisotopic (exact) mass is 394 g/mol. The van der Waals surface area contributed by atoms with Gasteiger partial charge in [-0.2, -0.15) is 0 Å². The van der Waals surface area contributed by atoms with Crippen molar-refractivity contribution in [1.29, 1.82) is 0 Å². The number of sulfonamides is 1. The Bertz CT molecular complexity index is 840. The molecule has 1 unspecified atom stereocenters. The van der Waals surface area contributed by atoms with Gasteiger partial charge in [0, 0.05) is 30.3 Å². The second kappa shape index (κ2) is 8.29. The zero-order chi connectivity index (χ0) is 18.6. The van der Waals surface area contributed by atoms with Crippen LogP contribution in [0.25, 0.3) is 0 Å². The second-order valence-electron chi connectivity index (χ2n) is 6.50. The average molecular weight is 395 g/mol. The van der Waals surface area contributed by atoms with Crippen LogP contribution in [0.1, 0.15) is 12.0 Å². The van der Waals surface area contributed by atoms with E-state index in [2.05, 4.69) is 9.62 Å². The first-order valence-corrected chi connectivity index (χ1v) is 10.6. The number of rotatable bonds is 7. The molecule has 3 rings (SSSR count). The summed E-state index contributed by atoms with van der Waals surface area (Å²) in [6.07, 6.45) is 0.959. The van der Waals surface area contributed by atoms with Gasteiger partial charge in [0.25, 0.3) is 0 Å². The Hall–Kier alpha value is -1.76. The van der Waals surface area contributed by atoms with Crippen LogP contribution >= 0.6 is 11.6 Å². The van der Waals surface area contributed by atoms with E-state index in [0.717, 1.165) is 30.9 Å². The molecule has 26 heavy (non-hydrogen) atoms. The standard InChI is InChI=1S/C19H23ClN2O3S/c1-25-18-8-6-17(7-9-18)22-11-10-15(13-22)12-21-26(23,24)14-16-4-2-3-5-19(16)20/h2-9,15,21H,10-14H2,1H3. The van der Waals surface area contributed by atoms with E-state index in [9.17, 15) is 8.42 Å². The van der Waals surface area contributed by atoms with E-state index in [-0.39, 0.29) is 11.7 Å². The molecule has 0 spiro atoms. The zero-order valence-corrected chi connectivity index (χ0v) is 16.3. The Balaban J connectivity index is 1.53. The highest BCUT2D eigenvalue weighted by Crippen LogP contribution is 2.25. The van der Waals surface area contributed by atoms with E-state index in [1.807, 2.05) is 24.3 Å². The summed E-state index contributed by atoms with van der Waals surface area (Å²) in [6, 6.07) is 15.0. The van der Waals surface area contributed by atoms with Crippen LogP contribution in [0.15, 0.2) is 48.5 Å². The predicted molar refractivity (Wildman–Crippen MR) is 105 cm³/mol. The van der Waals surface area contributed by atoms with Gasteiger partial charge in [-0.1, -0.05) is 29.8 Å². The van der Waals surface area contributed by atoms with Crippen LogP contribution in [0, 0.1) is 5.92 Å². The highest BCUT2D eigenvalue weighted by molar-refractivity contribution is 7.88. The number of anilines is 1.